The molecule has 0 saturated heterocycles. The predicted molar refractivity (Wildman–Crippen MR) is 70.2 cm³/mol. The number of thioether (sulfide) groups is 1. The highest BCUT2D eigenvalue weighted by Crippen LogP contribution is 2.31. The van der Waals surface area contributed by atoms with Crippen LogP contribution in [0.4, 0.5) is 6.01 Å². The first-order chi connectivity index (χ1) is 8.31. The number of nitrogens with two attached hydrogens (primary N) is 1. The number of nitrogens with zero attached hydrogens (tertiary/aromatic N) is 2. The van der Waals surface area contributed by atoms with Crippen molar-refractivity contribution in [3.05, 3.63) is 5.89 Å². The standard InChI is InChI=1S/C11H20N4OS/c1-2-17-9-4-3-8(7-9)13-11-15-14-10(16-11)5-6-12/h8-9H,2-7,12H2,1H3,(H,13,15). The first kappa shape index (κ1) is 12.7. The highest BCUT2D eigenvalue weighted by molar-refractivity contribution is 7.99. The van der Waals surface area contributed by atoms with Crippen LogP contribution in [0.2, 0.25) is 0 Å². The molecule has 0 spiro atoms. The number of anilines is 1. The van der Waals surface area contributed by atoms with Crippen molar-refractivity contribution in [2.45, 2.75) is 43.9 Å². The number of hydrogen-bond acceptors (Lipinski definition) is 6. The molecular formula is C11H20N4OS. The van der Waals surface area contributed by atoms with E-state index in [0.717, 1.165) is 5.25 Å². The van der Waals surface area contributed by atoms with Crippen LogP contribution in [0.1, 0.15) is 32.1 Å². The van der Waals surface area contributed by atoms with Gasteiger partial charge in [0.15, 0.2) is 0 Å². The van der Waals surface area contributed by atoms with E-state index in [1.54, 1.807) is 0 Å². The minimum Gasteiger partial charge on any atom is -0.408 e. The Morgan fingerprint density at radius 2 is 2.35 bits per heavy atom. The van der Waals surface area contributed by atoms with Gasteiger partial charge in [0.25, 0.3) is 0 Å². The molecule has 0 bridgehead atoms. The van der Waals surface area contributed by atoms with Gasteiger partial charge in [0.1, 0.15) is 0 Å². The van der Waals surface area contributed by atoms with Crippen molar-refractivity contribution >= 4 is 17.8 Å². The number of rotatable bonds is 6. The fraction of sp³-hybridized carbons (Fsp3) is 0.818. The smallest absolute Gasteiger partial charge is 0.315 e. The maximum atomic E-state index is 5.46. The van der Waals surface area contributed by atoms with Gasteiger partial charge < -0.3 is 15.5 Å². The summed E-state index contributed by atoms with van der Waals surface area (Å²) >= 11 is 2.04. The van der Waals surface area contributed by atoms with E-state index >= 15 is 0 Å². The Morgan fingerprint density at radius 1 is 1.47 bits per heavy atom. The topological polar surface area (TPSA) is 77.0 Å². The molecule has 1 aromatic heterocycles. The minimum absolute atomic E-state index is 0.477. The Balaban J connectivity index is 1.80. The molecule has 1 heterocycles. The maximum Gasteiger partial charge on any atom is 0.315 e. The second-order valence-electron chi connectivity index (χ2n) is 4.27. The van der Waals surface area contributed by atoms with Crippen LogP contribution < -0.4 is 11.1 Å². The average molecular weight is 256 g/mol. The molecule has 0 radical (unpaired) electrons. The normalized spacial score (nSPS) is 24.1. The monoisotopic (exact) mass is 256 g/mol. The molecule has 0 aromatic carbocycles. The highest BCUT2D eigenvalue weighted by atomic mass is 32.2. The zero-order valence-corrected chi connectivity index (χ0v) is 11.0. The Kier molecular flexibility index (Phi) is 4.67. The Bertz CT molecular complexity index is 344. The van der Waals surface area contributed by atoms with Gasteiger partial charge in [-0.05, 0) is 25.0 Å². The molecule has 2 rings (SSSR count). The Hall–Kier alpha value is -0.750. The van der Waals surface area contributed by atoms with Gasteiger partial charge in [-0.1, -0.05) is 12.0 Å². The molecule has 2 atom stereocenters. The molecule has 96 valence electrons. The van der Waals surface area contributed by atoms with Gasteiger partial charge >= 0.3 is 6.01 Å². The quantitative estimate of drug-likeness (QED) is 0.806. The zero-order valence-electron chi connectivity index (χ0n) is 10.2. The van der Waals surface area contributed by atoms with Gasteiger partial charge in [-0.2, -0.15) is 11.8 Å². The lowest BCUT2D eigenvalue weighted by Crippen LogP contribution is -2.16. The van der Waals surface area contributed by atoms with Gasteiger partial charge in [0, 0.05) is 24.3 Å². The number of nitrogens with one attached hydrogen (secondary N) is 1. The fourth-order valence-corrected chi connectivity index (χ4v) is 3.31. The lowest BCUT2D eigenvalue weighted by Gasteiger charge is -2.10. The summed E-state index contributed by atoms with van der Waals surface area (Å²) in [5.41, 5.74) is 5.43. The zero-order chi connectivity index (χ0) is 12.1. The number of hydrogen-bond donors (Lipinski definition) is 2. The summed E-state index contributed by atoms with van der Waals surface area (Å²) in [6.45, 7) is 2.75. The Morgan fingerprint density at radius 3 is 3.12 bits per heavy atom. The molecule has 17 heavy (non-hydrogen) atoms. The van der Waals surface area contributed by atoms with E-state index in [1.165, 1.54) is 25.0 Å². The third-order valence-electron chi connectivity index (χ3n) is 2.94. The van der Waals surface area contributed by atoms with Crippen LogP contribution >= 0.6 is 11.8 Å². The molecular weight excluding hydrogens is 236 g/mol. The van der Waals surface area contributed by atoms with Crippen LogP contribution in [-0.4, -0.2) is 33.8 Å². The average Bonchev–Trinajstić information content (AvgIpc) is 2.91. The van der Waals surface area contributed by atoms with Crippen LogP contribution in [0, 0.1) is 0 Å². The first-order valence-electron chi connectivity index (χ1n) is 6.22. The van der Waals surface area contributed by atoms with Crippen LogP contribution in [-0.2, 0) is 6.42 Å². The van der Waals surface area contributed by atoms with Crippen LogP contribution in [0.15, 0.2) is 4.42 Å². The van der Waals surface area contributed by atoms with E-state index in [0.29, 0.717) is 30.9 Å². The van der Waals surface area contributed by atoms with Crippen molar-refractivity contribution in [3.8, 4) is 0 Å². The van der Waals surface area contributed by atoms with Crippen LogP contribution in [0.25, 0.3) is 0 Å². The largest absolute Gasteiger partial charge is 0.408 e. The lowest BCUT2D eigenvalue weighted by atomic mass is 10.3. The molecule has 1 saturated carbocycles. The predicted octanol–water partition coefficient (Wildman–Crippen LogP) is 1.66. The summed E-state index contributed by atoms with van der Waals surface area (Å²) in [6.07, 6.45) is 4.30. The molecule has 3 N–H and O–H groups in total. The van der Waals surface area contributed by atoms with Gasteiger partial charge in [-0.3, -0.25) is 0 Å². The second kappa shape index (κ2) is 6.26. The van der Waals surface area contributed by atoms with Crippen molar-refractivity contribution < 1.29 is 4.42 Å². The minimum atomic E-state index is 0.477. The first-order valence-corrected chi connectivity index (χ1v) is 7.27. The molecule has 2 unspecified atom stereocenters. The summed E-state index contributed by atoms with van der Waals surface area (Å²) in [7, 11) is 0. The summed E-state index contributed by atoms with van der Waals surface area (Å²) < 4.78 is 5.46. The van der Waals surface area contributed by atoms with Gasteiger partial charge in [0.05, 0.1) is 0 Å². The molecule has 1 aliphatic carbocycles. The molecule has 0 aliphatic heterocycles. The van der Waals surface area contributed by atoms with Crippen LogP contribution in [0.3, 0.4) is 0 Å². The molecule has 5 nitrogen and oxygen atoms in total. The molecule has 1 fully saturated rings. The summed E-state index contributed by atoms with van der Waals surface area (Å²) in [5, 5.41) is 12.0. The van der Waals surface area contributed by atoms with Crippen molar-refractivity contribution in [3.63, 3.8) is 0 Å². The van der Waals surface area contributed by atoms with Gasteiger partial charge in [-0.15, -0.1) is 5.10 Å². The number of aromatic nitrogens is 2. The summed E-state index contributed by atoms with van der Waals surface area (Å²) in [6, 6.07) is 1.02. The van der Waals surface area contributed by atoms with Crippen molar-refractivity contribution in [2.75, 3.05) is 17.6 Å². The van der Waals surface area contributed by atoms with Gasteiger partial charge in [-0.25, -0.2) is 0 Å². The molecule has 1 aromatic rings. The van der Waals surface area contributed by atoms with E-state index in [-0.39, 0.29) is 0 Å². The van der Waals surface area contributed by atoms with E-state index in [1.807, 2.05) is 11.8 Å². The SMILES string of the molecule is CCSC1CCC(Nc2nnc(CCN)o2)C1. The van der Waals surface area contributed by atoms with E-state index in [9.17, 15) is 0 Å². The third kappa shape index (κ3) is 3.61. The van der Waals surface area contributed by atoms with E-state index in [4.69, 9.17) is 10.2 Å². The molecule has 6 heteroatoms. The van der Waals surface area contributed by atoms with Crippen molar-refractivity contribution in [1.29, 1.82) is 0 Å². The van der Waals surface area contributed by atoms with Crippen molar-refractivity contribution in [1.82, 2.24) is 10.2 Å². The molecule has 1 aliphatic rings. The second-order valence-corrected chi connectivity index (χ2v) is 5.85. The lowest BCUT2D eigenvalue weighted by molar-refractivity contribution is 0.499. The summed E-state index contributed by atoms with van der Waals surface area (Å²) in [5.74, 6) is 1.81. The molecule has 0 amide bonds. The third-order valence-corrected chi connectivity index (χ3v) is 4.17. The fourth-order valence-electron chi connectivity index (χ4n) is 2.17. The van der Waals surface area contributed by atoms with E-state index < -0.39 is 0 Å². The Labute approximate surface area is 106 Å². The van der Waals surface area contributed by atoms with Crippen LogP contribution in [0.5, 0.6) is 0 Å². The highest BCUT2D eigenvalue weighted by Gasteiger charge is 2.25. The maximum absolute atomic E-state index is 5.46. The summed E-state index contributed by atoms with van der Waals surface area (Å²) in [4.78, 5) is 0. The van der Waals surface area contributed by atoms with Crippen molar-refractivity contribution in [2.24, 2.45) is 5.73 Å². The van der Waals surface area contributed by atoms with Gasteiger partial charge in [0.2, 0.25) is 5.89 Å². The van der Waals surface area contributed by atoms with E-state index in [2.05, 4.69) is 22.4 Å².